The Balaban J connectivity index is 2.21. The first-order valence-electron chi connectivity index (χ1n) is 5.66. The van der Waals surface area contributed by atoms with Gasteiger partial charge in [0, 0.05) is 0 Å². The highest BCUT2D eigenvalue weighted by atomic mass is 32.2. The number of carbonyl (C=O) groups excluding carboxylic acids is 1. The van der Waals surface area contributed by atoms with Crippen molar-refractivity contribution in [3.05, 3.63) is 48.0 Å². The molecule has 0 aromatic heterocycles. The number of nitrogens with two attached hydrogens (primary N) is 1. The number of hydrogen-bond donors (Lipinski definition) is 1. The molecule has 2 rings (SSSR count). The number of primary amides is 1. The van der Waals surface area contributed by atoms with E-state index in [0.29, 0.717) is 0 Å². The van der Waals surface area contributed by atoms with Gasteiger partial charge in [-0.05, 0) is 22.8 Å². The largest absolute Gasteiger partial charge is 0.420 e. The van der Waals surface area contributed by atoms with Crippen molar-refractivity contribution < 1.29 is 17.4 Å². The zero-order valence-corrected chi connectivity index (χ0v) is 10.9. The SMILES string of the molecule is NC(=O)OS(=O)(=O)CCc1cccc2ccccc12. The molecular formula is C13H13NO4S. The summed E-state index contributed by atoms with van der Waals surface area (Å²) in [5.74, 6) is -0.288. The quantitative estimate of drug-likeness (QED) is 0.865. The molecule has 0 heterocycles. The van der Waals surface area contributed by atoms with Gasteiger partial charge in [-0.1, -0.05) is 42.5 Å². The van der Waals surface area contributed by atoms with E-state index in [0.717, 1.165) is 16.3 Å². The van der Waals surface area contributed by atoms with E-state index in [1.165, 1.54) is 0 Å². The van der Waals surface area contributed by atoms with Crippen molar-refractivity contribution in [2.75, 3.05) is 5.75 Å². The topological polar surface area (TPSA) is 86.5 Å². The molecule has 0 fully saturated rings. The van der Waals surface area contributed by atoms with Crippen LogP contribution in [0.1, 0.15) is 5.56 Å². The molecule has 0 unspecified atom stereocenters. The van der Waals surface area contributed by atoms with Gasteiger partial charge in [0.25, 0.3) is 0 Å². The van der Waals surface area contributed by atoms with E-state index >= 15 is 0 Å². The Morgan fingerprint density at radius 3 is 2.53 bits per heavy atom. The van der Waals surface area contributed by atoms with Crippen LogP contribution in [0, 0.1) is 0 Å². The summed E-state index contributed by atoms with van der Waals surface area (Å²) in [7, 11) is -3.92. The van der Waals surface area contributed by atoms with Crippen LogP contribution in [0.4, 0.5) is 4.79 Å². The summed E-state index contributed by atoms with van der Waals surface area (Å²) in [5.41, 5.74) is 5.58. The highest BCUT2D eigenvalue weighted by molar-refractivity contribution is 7.87. The lowest BCUT2D eigenvalue weighted by atomic mass is 10.0. The predicted octanol–water partition coefficient (Wildman–Crippen LogP) is 1.81. The highest BCUT2D eigenvalue weighted by Crippen LogP contribution is 2.19. The monoisotopic (exact) mass is 279 g/mol. The van der Waals surface area contributed by atoms with E-state index in [4.69, 9.17) is 5.73 Å². The molecule has 2 aromatic rings. The van der Waals surface area contributed by atoms with Gasteiger partial charge in [0.05, 0.1) is 5.75 Å². The lowest BCUT2D eigenvalue weighted by Gasteiger charge is -2.06. The molecule has 0 aliphatic rings. The Bertz CT molecular complexity index is 704. The molecular weight excluding hydrogens is 266 g/mol. The van der Waals surface area contributed by atoms with Crippen LogP contribution in [-0.4, -0.2) is 20.3 Å². The molecule has 0 aliphatic heterocycles. The summed E-state index contributed by atoms with van der Waals surface area (Å²) in [6.07, 6.45) is -1.05. The lowest BCUT2D eigenvalue weighted by molar-refractivity contribution is 0.213. The Morgan fingerprint density at radius 1 is 1.11 bits per heavy atom. The van der Waals surface area contributed by atoms with Crippen molar-refractivity contribution in [3.8, 4) is 0 Å². The molecule has 2 N–H and O–H groups in total. The first kappa shape index (κ1) is 13.4. The maximum Gasteiger partial charge on any atom is 0.420 e. The molecule has 0 bridgehead atoms. The molecule has 0 atom stereocenters. The second-order valence-electron chi connectivity index (χ2n) is 4.05. The second-order valence-corrected chi connectivity index (χ2v) is 5.74. The fourth-order valence-corrected chi connectivity index (χ4v) is 2.72. The molecule has 0 aliphatic carbocycles. The van der Waals surface area contributed by atoms with Crippen LogP contribution < -0.4 is 5.73 Å². The number of aryl methyl sites for hydroxylation is 1. The zero-order chi connectivity index (χ0) is 13.9. The van der Waals surface area contributed by atoms with Crippen molar-refractivity contribution in [3.63, 3.8) is 0 Å². The highest BCUT2D eigenvalue weighted by Gasteiger charge is 2.15. The number of hydrogen-bond acceptors (Lipinski definition) is 4. The Kier molecular flexibility index (Phi) is 3.71. The molecule has 6 heteroatoms. The number of benzene rings is 2. The van der Waals surface area contributed by atoms with Crippen molar-refractivity contribution in [2.24, 2.45) is 5.73 Å². The summed E-state index contributed by atoms with van der Waals surface area (Å²) in [6, 6.07) is 13.3. The van der Waals surface area contributed by atoms with Gasteiger partial charge in [-0.25, -0.2) is 4.79 Å². The van der Waals surface area contributed by atoms with Gasteiger partial charge in [-0.15, -0.1) is 0 Å². The maximum absolute atomic E-state index is 11.4. The molecule has 0 saturated carbocycles. The van der Waals surface area contributed by atoms with Crippen molar-refractivity contribution in [1.82, 2.24) is 0 Å². The minimum Gasteiger partial charge on any atom is -0.334 e. The van der Waals surface area contributed by atoms with Gasteiger partial charge in [-0.2, -0.15) is 8.42 Å². The van der Waals surface area contributed by atoms with Crippen LogP contribution in [0.2, 0.25) is 0 Å². The fraction of sp³-hybridized carbons (Fsp3) is 0.154. The summed E-state index contributed by atoms with van der Waals surface area (Å²) >= 11 is 0. The normalized spacial score (nSPS) is 11.4. The number of rotatable bonds is 4. The maximum atomic E-state index is 11.4. The van der Waals surface area contributed by atoms with Crippen LogP contribution in [0.25, 0.3) is 10.8 Å². The minimum absolute atomic E-state index is 0.261. The average molecular weight is 279 g/mol. The van der Waals surface area contributed by atoms with E-state index in [2.05, 4.69) is 4.18 Å². The van der Waals surface area contributed by atoms with Crippen LogP contribution in [-0.2, 0) is 20.7 Å². The van der Waals surface area contributed by atoms with E-state index in [1.807, 2.05) is 42.5 Å². The van der Waals surface area contributed by atoms with Crippen LogP contribution in [0.15, 0.2) is 42.5 Å². The molecule has 1 amide bonds. The molecule has 5 nitrogen and oxygen atoms in total. The zero-order valence-electron chi connectivity index (χ0n) is 10.1. The van der Waals surface area contributed by atoms with Gasteiger partial charge in [0.15, 0.2) is 0 Å². The summed E-state index contributed by atoms with van der Waals surface area (Å²) < 4.78 is 26.9. The third kappa shape index (κ3) is 3.45. The standard InChI is InChI=1S/C13H13NO4S/c14-13(15)18-19(16,17)9-8-11-6-3-5-10-4-1-2-7-12(10)11/h1-7H,8-9H2,(H2,14,15). The summed E-state index contributed by atoms with van der Waals surface area (Å²) in [5, 5.41) is 2.02. The molecule has 0 radical (unpaired) electrons. The van der Waals surface area contributed by atoms with Gasteiger partial charge in [0.1, 0.15) is 0 Å². The Morgan fingerprint density at radius 2 is 1.79 bits per heavy atom. The third-order valence-electron chi connectivity index (χ3n) is 2.71. The van der Waals surface area contributed by atoms with Gasteiger partial charge < -0.3 is 9.92 Å². The molecule has 0 saturated heterocycles. The van der Waals surface area contributed by atoms with Gasteiger partial charge in [0.2, 0.25) is 0 Å². The second kappa shape index (κ2) is 5.27. The van der Waals surface area contributed by atoms with Crippen molar-refractivity contribution in [2.45, 2.75) is 6.42 Å². The number of carbonyl (C=O) groups is 1. The lowest BCUT2D eigenvalue weighted by Crippen LogP contribution is -2.21. The summed E-state index contributed by atoms with van der Waals surface area (Å²) in [6.45, 7) is 0. The first-order valence-corrected chi connectivity index (χ1v) is 7.24. The van der Waals surface area contributed by atoms with Gasteiger partial charge in [-0.3, -0.25) is 0 Å². The van der Waals surface area contributed by atoms with E-state index in [1.54, 1.807) is 0 Å². The fourth-order valence-electron chi connectivity index (χ4n) is 1.91. The first-order chi connectivity index (χ1) is 8.98. The third-order valence-corrected chi connectivity index (χ3v) is 3.83. The molecule has 2 aromatic carbocycles. The van der Waals surface area contributed by atoms with Crippen molar-refractivity contribution >= 4 is 27.0 Å². The van der Waals surface area contributed by atoms with Crippen molar-refractivity contribution in [1.29, 1.82) is 0 Å². The predicted molar refractivity (Wildman–Crippen MR) is 72.1 cm³/mol. The smallest absolute Gasteiger partial charge is 0.334 e. The Hall–Kier alpha value is -2.08. The van der Waals surface area contributed by atoms with Crippen LogP contribution in [0.3, 0.4) is 0 Å². The summed E-state index contributed by atoms with van der Waals surface area (Å²) in [4.78, 5) is 10.5. The molecule has 19 heavy (non-hydrogen) atoms. The Labute approximate surface area is 111 Å². The molecule has 0 spiro atoms. The average Bonchev–Trinajstić information content (AvgIpc) is 2.35. The van der Waals surface area contributed by atoms with Crippen LogP contribution >= 0.6 is 0 Å². The van der Waals surface area contributed by atoms with Gasteiger partial charge >= 0.3 is 16.2 Å². The van der Waals surface area contributed by atoms with E-state index in [-0.39, 0.29) is 12.2 Å². The van der Waals surface area contributed by atoms with E-state index < -0.39 is 16.2 Å². The molecule has 100 valence electrons. The van der Waals surface area contributed by atoms with E-state index in [9.17, 15) is 13.2 Å². The minimum atomic E-state index is -3.92. The number of fused-ring (bicyclic) bond motifs is 1. The van der Waals surface area contributed by atoms with Crippen LogP contribution in [0.5, 0.6) is 0 Å². The number of amides is 1.